The Morgan fingerprint density at radius 2 is 2.33 bits per heavy atom. The van der Waals surface area contributed by atoms with Gasteiger partial charge in [-0.05, 0) is 38.5 Å². The molecule has 0 aromatic carbocycles. The molecule has 12 heavy (non-hydrogen) atoms. The molecule has 0 radical (unpaired) electrons. The second-order valence-corrected chi connectivity index (χ2v) is 4.67. The van der Waals surface area contributed by atoms with Crippen molar-refractivity contribution in [3.8, 4) is 0 Å². The van der Waals surface area contributed by atoms with E-state index in [1.54, 1.807) is 6.20 Å². The first-order valence-electron chi connectivity index (χ1n) is 3.16. The van der Waals surface area contributed by atoms with Crippen LogP contribution in [0.25, 0.3) is 11.0 Å². The molecule has 0 atom stereocenters. The standard InChI is InChI=1S/C7H3BrClIN2/c8-3-1-11-7-5(3)6(9)4(10)2-12-7/h1-2H,(H,11,12). The lowest BCUT2D eigenvalue weighted by atomic mass is 10.3. The van der Waals surface area contributed by atoms with Crippen LogP contribution in [0.3, 0.4) is 0 Å². The first kappa shape index (κ1) is 8.77. The highest BCUT2D eigenvalue weighted by Gasteiger charge is 2.08. The number of rotatable bonds is 0. The molecule has 2 aromatic rings. The first-order valence-corrected chi connectivity index (χ1v) is 5.41. The topological polar surface area (TPSA) is 28.7 Å². The van der Waals surface area contributed by atoms with Gasteiger partial charge in [0.25, 0.3) is 0 Å². The van der Waals surface area contributed by atoms with Crippen molar-refractivity contribution in [2.24, 2.45) is 0 Å². The lowest BCUT2D eigenvalue weighted by molar-refractivity contribution is 1.31. The summed E-state index contributed by atoms with van der Waals surface area (Å²) < 4.78 is 1.91. The van der Waals surface area contributed by atoms with Crippen LogP contribution in [0.4, 0.5) is 0 Å². The zero-order valence-corrected chi connectivity index (χ0v) is 10.2. The normalized spacial score (nSPS) is 10.9. The van der Waals surface area contributed by atoms with Gasteiger partial charge in [-0.3, -0.25) is 0 Å². The number of nitrogens with one attached hydrogen (secondary N) is 1. The van der Waals surface area contributed by atoms with Crippen molar-refractivity contribution in [2.45, 2.75) is 0 Å². The number of aromatic amines is 1. The molecule has 0 spiro atoms. The number of aromatic nitrogens is 2. The Kier molecular flexibility index (Phi) is 2.31. The zero-order chi connectivity index (χ0) is 8.72. The average molecular weight is 357 g/mol. The van der Waals surface area contributed by atoms with E-state index >= 15 is 0 Å². The number of halogens is 3. The summed E-state index contributed by atoms with van der Waals surface area (Å²) in [5.74, 6) is 0. The Labute approximate surface area is 96.0 Å². The summed E-state index contributed by atoms with van der Waals surface area (Å²) in [6, 6.07) is 0. The summed E-state index contributed by atoms with van der Waals surface area (Å²) in [5, 5.41) is 1.69. The number of pyridine rings is 1. The van der Waals surface area contributed by atoms with Gasteiger partial charge in [0.2, 0.25) is 0 Å². The molecule has 1 N–H and O–H groups in total. The lowest BCUT2D eigenvalue weighted by Crippen LogP contribution is -1.80. The molecule has 0 amide bonds. The highest BCUT2D eigenvalue weighted by molar-refractivity contribution is 14.1. The fourth-order valence-corrected chi connectivity index (χ4v) is 2.26. The predicted molar refractivity (Wildman–Crippen MR) is 61.5 cm³/mol. The molecule has 5 heteroatoms. The number of nitrogens with zero attached hydrogens (tertiary/aromatic N) is 1. The molecule has 2 heterocycles. The third-order valence-corrected chi connectivity index (χ3v) is 3.70. The van der Waals surface area contributed by atoms with Crippen molar-refractivity contribution in [1.29, 1.82) is 0 Å². The first-order chi connectivity index (χ1) is 5.70. The maximum atomic E-state index is 6.08. The Morgan fingerprint density at radius 1 is 1.58 bits per heavy atom. The molecule has 2 aromatic heterocycles. The Hall–Kier alpha value is 0.190. The Bertz CT molecular complexity index is 440. The molecule has 0 bridgehead atoms. The van der Waals surface area contributed by atoms with Crippen LogP contribution >= 0.6 is 50.1 Å². The van der Waals surface area contributed by atoms with Crippen molar-refractivity contribution < 1.29 is 0 Å². The van der Waals surface area contributed by atoms with Gasteiger partial charge < -0.3 is 4.98 Å². The molecule has 0 saturated heterocycles. The molecule has 0 aliphatic rings. The fraction of sp³-hybridized carbons (Fsp3) is 0. The third kappa shape index (κ3) is 1.25. The van der Waals surface area contributed by atoms with Crippen molar-refractivity contribution in [3.05, 3.63) is 25.5 Å². The van der Waals surface area contributed by atoms with Crippen LogP contribution in [-0.2, 0) is 0 Å². The SMILES string of the molecule is Clc1c(I)cnc2[nH]cc(Br)c12. The maximum Gasteiger partial charge on any atom is 0.139 e. The largest absolute Gasteiger partial charge is 0.345 e. The second-order valence-electron chi connectivity index (χ2n) is 2.28. The van der Waals surface area contributed by atoms with Crippen LogP contribution in [0.1, 0.15) is 0 Å². The Balaban J connectivity index is 2.96. The minimum absolute atomic E-state index is 0.744. The molecule has 0 aliphatic carbocycles. The summed E-state index contributed by atoms with van der Waals surface area (Å²) in [6.07, 6.45) is 3.58. The van der Waals surface area contributed by atoms with E-state index in [-0.39, 0.29) is 0 Å². The van der Waals surface area contributed by atoms with Crippen molar-refractivity contribution in [1.82, 2.24) is 9.97 Å². The Morgan fingerprint density at radius 3 is 3.08 bits per heavy atom. The van der Waals surface area contributed by atoms with Gasteiger partial charge in [0.05, 0.1) is 14.0 Å². The van der Waals surface area contributed by atoms with E-state index in [2.05, 4.69) is 48.5 Å². The van der Waals surface area contributed by atoms with Gasteiger partial charge in [-0.2, -0.15) is 0 Å². The van der Waals surface area contributed by atoms with Gasteiger partial charge >= 0.3 is 0 Å². The van der Waals surface area contributed by atoms with Gasteiger partial charge in [0.1, 0.15) is 5.65 Å². The van der Waals surface area contributed by atoms with Crippen LogP contribution in [-0.4, -0.2) is 9.97 Å². The molecule has 2 nitrogen and oxygen atoms in total. The minimum Gasteiger partial charge on any atom is -0.345 e. The van der Waals surface area contributed by atoms with Crippen LogP contribution in [0.2, 0.25) is 5.02 Å². The summed E-state index contributed by atoms with van der Waals surface area (Å²) in [5.41, 5.74) is 0.812. The van der Waals surface area contributed by atoms with Gasteiger partial charge in [0.15, 0.2) is 0 Å². The van der Waals surface area contributed by atoms with Gasteiger partial charge in [0, 0.05) is 16.9 Å². The molecule has 0 saturated carbocycles. The molecule has 2 rings (SSSR count). The van der Waals surface area contributed by atoms with E-state index in [4.69, 9.17) is 11.6 Å². The molecular formula is C7H3BrClIN2. The van der Waals surface area contributed by atoms with Gasteiger partial charge in [-0.25, -0.2) is 4.98 Å². The molecular weight excluding hydrogens is 354 g/mol. The average Bonchev–Trinajstić information content (AvgIpc) is 2.41. The molecule has 0 aliphatic heterocycles. The van der Waals surface area contributed by atoms with Crippen molar-refractivity contribution in [2.75, 3.05) is 0 Å². The monoisotopic (exact) mass is 356 g/mol. The van der Waals surface area contributed by atoms with Crippen LogP contribution in [0.5, 0.6) is 0 Å². The second kappa shape index (κ2) is 3.16. The predicted octanol–water partition coefficient (Wildman–Crippen LogP) is 3.58. The maximum absolute atomic E-state index is 6.08. The molecule has 62 valence electrons. The van der Waals surface area contributed by atoms with Crippen LogP contribution in [0, 0.1) is 3.57 Å². The van der Waals surface area contributed by atoms with Gasteiger partial charge in [-0.1, -0.05) is 11.6 Å². The number of H-pyrrole nitrogens is 1. The molecule has 0 unspecified atom stereocenters. The van der Waals surface area contributed by atoms with E-state index in [1.165, 1.54) is 0 Å². The highest BCUT2D eigenvalue weighted by atomic mass is 127. The van der Waals surface area contributed by atoms with Crippen LogP contribution < -0.4 is 0 Å². The van der Waals surface area contributed by atoms with Gasteiger partial charge in [-0.15, -0.1) is 0 Å². The summed E-state index contributed by atoms with van der Waals surface area (Å²) in [7, 11) is 0. The summed E-state index contributed by atoms with van der Waals surface area (Å²) >= 11 is 11.6. The molecule has 0 fully saturated rings. The van der Waals surface area contributed by atoms with Crippen molar-refractivity contribution >= 4 is 61.2 Å². The van der Waals surface area contributed by atoms with E-state index in [9.17, 15) is 0 Å². The third-order valence-electron chi connectivity index (χ3n) is 1.55. The number of hydrogen-bond acceptors (Lipinski definition) is 1. The lowest BCUT2D eigenvalue weighted by Gasteiger charge is -1.96. The van der Waals surface area contributed by atoms with E-state index in [0.717, 1.165) is 24.1 Å². The van der Waals surface area contributed by atoms with E-state index in [0.29, 0.717) is 0 Å². The van der Waals surface area contributed by atoms with E-state index < -0.39 is 0 Å². The van der Waals surface area contributed by atoms with E-state index in [1.807, 2.05) is 6.20 Å². The quantitative estimate of drug-likeness (QED) is 0.718. The minimum atomic E-state index is 0.744. The summed E-state index contributed by atoms with van der Waals surface area (Å²) in [4.78, 5) is 7.20. The zero-order valence-electron chi connectivity index (χ0n) is 5.74. The number of fused-ring (bicyclic) bond motifs is 1. The van der Waals surface area contributed by atoms with Crippen molar-refractivity contribution in [3.63, 3.8) is 0 Å². The number of hydrogen-bond donors (Lipinski definition) is 1. The smallest absolute Gasteiger partial charge is 0.139 e. The highest BCUT2D eigenvalue weighted by Crippen LogP contribution is 2.31. The van der Waals surface area contributed by atoms with Crippen LogP contribution in [0.15, 0.2) is 16.9 Å². The fourth-order valence-electron chi connectivity index (χ4n) is 0.997. The summed E-state index contributed by atoms with van der Waals surface area (Å²) in [6.45, 7) is 0.